The topological polar surface area (TPSA) is 38.0 Å². The molecule has 20 heavy (non-hydrogen) atoms. The quantitative estimate of drug-likeness (QED) is 0.793. The molecule has 3 N–H and O–H groups in total. The number of rotatable bonds is 3. The van der Waals surface area contributed by atoms with Crippen molar-refractivity contribution in [1.82, 2.24) is 0 Å². The van der Waals surface area contributed by atoms with Gasteiger partial charge in [-0.1, -0.05) is 47.0 Å². The lowest BCUT2D eigenvalue weighted by atomic mass is 10.1. The summed E-state index contributed by atoms with van der Waals surface area (Å²) in [5.41, 5.74) is 8.48. The molecule has 0 radical (unpaired) electrons. The van der Waals surface area contributed by atoms with Crippen molar-refractivity contribution in [3.8, 4) is 0 Å². The van der Waals surface area contributed by atoms with Crippen molar-refractivity contribution >= 4 is 51.8 Å². The van der Waals surface area contributed by atoms with Gasteiger partial charge in [-0.05, 0) is 31.2 Å². The SMILES string of the molecule is Cc1ccc(Nc2c(Cl)cc(F)cc2Cl)c(C(N)=S)c1. The Morgan fingerprint density at radius 2 is 1.80 bits per heavy atom. The summed E-state index contributed by atoms with van der Waals surface area (Å²) >= 11 is 17.0. The molecule has 0 spiro atoms. The highest BCUT2D eigenvalue weighted by Crippen LogP contribution is 2.34. The molecule has 0 aliphatic carbocycles. The summed E-state index contributed by atoms with van der Waals surface area (Å²) in [6.45, 7) is 1.93. The summed E-state index contributed by atoms with van der Waals surface area (Å²) in [5, 5.41) is 3.42. The Hall–Kier alpha value is -1.36. The molecule has 2 aromatic rings. The summed E-state index contributed by atoms with van der Waals surface area (Å²) in [4.78, 5) is 0.255. The van der Waals surface area contributed by atoms with Crippen LogP contribution in [0.4, 0.5) is 15.8 Å². The van der Waals surface area contributed by atoms with E-state index in [0.29, 0.717) is 16.9 Å². The van der Waals surface area contributed by atoms with Crippen molar-refractivity contribution < 1.29 is 4.39 Å². The Kier molecular flexibility index (Phi) is 4.48. The summed E-state index contributed by atoms with van der Waals surface area (Å²) in [7, 11) is 0. The first kappa shape index (κ1) is 15.0. The Morgan fingerprint density at radius 3 is 2.35 bits per heavy atom. The van der Waals surface area contributed by atoms with Crippen LogP contribution in [0.2, 0.25) is 10.0 Å². The molecular weight excluding hydrogens is 318 g/mol. The Bertz CT molecular complexity index is 666. The van der Waals surface area contributed by atoms with Crippen LogP contribution < -0.4 is 11.1 Å². The van der Waals surface area contributed by atoms with Gasteiger partial charge in [0, 0.05) is 11.3 Å². The van der Waals surface area contributed by atoms with Crippen LogP contribution in [0.25, 0.3) is 0 Å². The minimum absolute atomic E-state index is 0.185. The molecule has 2 rings (SSSR count). The molecule has 0 fully saturated rings. The van der Waals surface area contributed by atoms with E-state index in [4.69, 9.17) is 41.2 Å². The summed E-state index contributed by atoms with van der Waals surface area (Å²) in [5.74, 6) is -0.496. The van der Waals surface area contributed by atoms with Crippen molar-refractivity contribution in [3.05, 3.63) is 57.3 Å². The van der Waals surface area contributed by atoms with Gasteiger partial charge >= 0.3 is 0 Å². The number of nitrogens with two attached hydrogens (primary N) is 1. The highest BCUT2D eigenvalue weighted by atomic mass is 35.5. The number of nitrogens with one attached hydrogen (secondary N) is 1. The van der Waals surface area contributed by atoms with Gasteiger partial charge in [0.25, 0.3) is 0 Å². The van der Waals surface area contributed by atoms with Crippen LogP contribution >= 0.6 is 35.4 Å². The molecule has 6 heteroatoms. The lowest BCUT2D eigenvalue weighted by Crippen LogP contribution is -2.12. The van der Waals surface area contributed by atoms with E-state index < -0.39 is 5.82 Å². The van der Waals surface area contributed by atoms with Crippen LogP contribution in [0, 0.1) is 12.7 Å². The summed E-state index contributed by atoms with van der Waals surface area (Å²) < 4.78 is 13.2. The van der Waals surface area contributed by atoms with Crippen LogP contribution in [-0.4, -0.2) is 4.99 Å². The third kappa shape index (κ3) is 3.20. The molecule has 0 atom stereocenters. The first-order valence-electron chi connectivity index (χ1n) is 5.70. The van der Waals surface area contributed by atoms with E-state index in [1.54, 1.807) is 0 Å². The lowest BCUT2D eigenvalue weighted by Gasteiger charge is -2.14. The number of hydrogen-bond donors (Lipinski definition) is 2. The average Bonchev–Trinajstić information content (AvgIpc) is 2.34. The molecule has 0 aliphatic heterocycles. The van der Waals surface area contributed by atoms with Crippen molar-refractivity contribution in [1.29, 1.82) is 0 Å². The molecule has 0 unspecified atom stereocenters. The van der Waals surface area contributed by atoms with Crippen LogP contribution in [0.1, 0.15) is 11.1 Å². The molecular formula is C14H11Cl2FN2S. The molecule has 0 saturated carbocycles. The Labute approximate surface area is 131 Å². The monoisotopic (exact) mass is 328 g/mol. The lowest BCUT2D eigenvalue weighted by molar-refractivity contribution is 0.628. The van der Waals surface area contributed by atoms with Gasteiger partial charge in [0.15, 0.2) is 0 Å². The van der Waals surface area contributed by atoms with E-state index >= 15 is 0 Å². The maximum atomic E-state index is 13.2. The predicted molar refractivity (Wildman–Crippen MR) is 86.8 cm³/mol. The van der Waals surface area contributed by atoms with Crippen LogP contribution in [-0.2, 0) is 0 Å². The van der Waals surface area contributed by atoms with E-state index in [9.17, 15) is 4.39 Å². The zero-order valence-corrected chi connectivity index (χ0v) is 12.8. The van der Waals surface area contributed by atoms with Gasteiger partial charge < -0.3 is 11.1 Å². The zero-order valence-electron chi connectivity index (χ0n) is 10.5. The maximum Gasteiger partial charge on any atom is 0.126 e. The highest BCUT2D eigenvalue weighted by Gasteiger charge is 2.12. The first-order valence-corrected chi connectivity index (χ1v) is 6.87. The van der Waals surface area contributed by atoms with Gasteiger partial charge in [-0.25, -0.2) is 4.39 Å². The minimum Gasteiger partial charge on any atom is -0.389 e. The predicted octanol–water partition coefficient (Wildman–Crippen LogP) is 4.82. The third-order valence-corrected chi connectivity index (χ3v) is 3.52. The van der Waals surface area contributed by atoms with Crippen LogP contribution in [0.5, 0.6) is 0 Å². The van der Waals surface area contributed by atoms with Crippen molar-refractivity contribution in [3.63, 3.8) is 0 Å². The highest BCUT2D eigenvalue weighted by molar-refractivity contribution is 7.80. The molecule has 2 aromatic carbocycles. The van der Waals surface area contributed by atoms with Crippen molar-refractivity contribution in [2.75, 3.05) is 5.32 Å². The Morgan fingerprint density at radius 1 is 1.20 bits per heavy atom. The molecule has 104 valence electrons. The van der Waals surface area contributed by atoms with Gasteiger partial charge in [0.1, 0.15) is 10.8 Å². The second-order valence-electron chi connectivity index (χ2n) is 4.28. The van der Waals surface area contributed by atoms with Gasteiger partial charge in [-0.3, -0.25) is 0 Å². The van der Waals surface area contributed by atoms with Gasteiger partial charge in [-0.15, -0.1) is 0 Å². The van der Waals surface area contributed by atoms with Crippen LogP contribution in [0.3, 0.4) is 0 Å². The molecule has 0 saturated heterocycles. The minimum atomic E-state index is -0.496. The van der Waals surface area contributed by atoms with E-state index in [1.807, 2.05) is 25.1 Å². The fourth-order valence-electron chi connectivity index (χ4n) is 1.77. The van der Waals surface area contributed by atoms with Gasteiger partial charge in [0.2, 0.25) is 0 Å². The fraction of sp³-hybridized carbons (Fsp3) is 0.0714. The van der Waals surface area contributed by atoms with Crippen molar-refractivity contribution in [2.24, 2.45) is 5.73 Å². The van der Waals surface area contributed by atoms with E-state index in [1.165, 1.54) is 12.1 Å². The number of benzene rings is 2. The smallest absolute Gasteiger partial charge is 0.126 e. The largest absolute Gasteiger partial charge is 0.389 e. The fourth-order valence-corrected chi connectivity index (χ4v) is 2.49. The zero-order chi connectivity index (χ0) is 14.9. The van der Waals surface area contributed by atoms with E-state index in [-0.39, 0.29) is 15.0 Å². The first-order chi connectivity index (χ1) is 9.38. The second kappa shape index (κ2) is 5.95. The summed E-state index contributed by atoms with van der Waals surface area (Å²) in [6.07, 6.45) is 0. The number of anilines is 2. The standard InChI is InChI=1S/C14H11Cl2FN2S/c1-7-2-3-12(9(4-7)14(18)20)19-13-10(15)5-8(17)6-11(13)16/h2-6,19H,1H3,(H2,18,20). The molecule has 0 aromatic heterocycles. The number of thiocarbonyl (C=S) groups is 1. The van der Waals surface area contributed by atoms with Crippen molar-refractivity contribution in [2.45, 2.75) is 6.92 Å². The second-order valence-corrected chi connectivity index (χ2v) is 5.54. The molecule has 0 bridgehead atoms. The average molecular weight is 329 g/mol. The number of aryl methyl sites for hydroxylation is 1. The molecule has 0 aliphatic rings. The summed E-state index contributed by atoms with van der Waals surface area (Å²) in [6, 6.07) is 7.94. The van der Waals surface area contributed by atoms with Gasteiger partial charge in [-0.2, -0.15) is 0 Å². The molecule has 0 amide bonds. The van der Waals surface area contributed by atoms with E-state index in [2.05, 4.69) is 5.32 Å². The number of hydrogen-bond acceptors (Lipinski definition) is 2. The molecule has 2 nitrogen and oxygen atoms in total. The van der Waals surface area contributed by atoms with Crippen LogP contribution in [0.15, 0.2) is 30.3 Å². The maximum absolute atomic E-state index is 13.2. The molecule has 0 heterocycles. The third-order valence-electron chi connectivity index (χ3n) is 2.71. The normalized spacial score (nSPS) is 10.4. The van der Waals surface area contributed by atoms with E-state index in [0.717, 1.165) is 5.56 Å². The van der Waals surface area contributed by atoms with Gasteiger partial charge in [0.05, 0.1) is 15.7 Å². The Balaban J connectivity index is 2.48. The number of halogens is 3.